The summed E-state index contributed by atoms with van der Waals surface area (Å²) in [5.41, 5.74) is 1.16. The topological polar surface area (TPSA) is 80.2 Å². The lowest BCUT2D eigenvalue weighted by Gasteiger charge is -2.28. The Morgan fingerprint density at radius 2 is 2.03 bits per heavy atom. The highest BCUT2D eigenvalue weighted by Crippen LogP contribution is 2.32. The van der Waals surface area contributed by atoms with Crippen LogP contribution in [0.2, 0.25) is 5.02 Å². The number of anilines is 1. The van der Waals surface area contributed by atoms with E-state index >= 15 is 0 Å². The Morgan fingerprint density at radius 3 is 2.72 bits per heavy atom. The Bertz CT molecular complexity index is 966. The summed E-state index contributed by atoms with van der Waals surface area (Å²) in [5.74, 6) is 0.707. The van der Waals surface area contributed by atoms with Crippen molar-refractivity contribution in [2.75, 3.05) is 26.6 Å². The maximum absolute atomic E-state index is 12.7. The largest absolute Gasteiger partial charge is 0.497 e. The van der Waals surface area contributed by atoms with E-state index in [2.05, 4.69) is 10.3 Å². The second-order valence-corrected chi connectivity index (χ2v) is 7.77. The lowest BCUT2D eigenvalue weighted by molar-refractivity contribution is -0.128. The number of nitrogens with one attached hydrogen (secondary N) is 1. The summed E-state index contributed by atoms with van der Waals surface area (Å²) in [5, 5.41) is 3.07. The fourth-order valence-electron chi connectivity index (χ4n) is 2.66. The Labute approximate surface area is 178 Å². The van der Waals surface area contributed by atoms with Gasteiger partial charge in [-0.3, -0.25) is 14.5 Å². The second-order valence-electron chi connectivity index (χ2n) is 6.20. The summed E-state index contributed by atoms with van der Waals surface area (Å²) in [6.07, 6.45) is 0.0827. The van der Waals surface area contributed by atoms with E-state index in [4.69, 9.17) is 21.1 Å². The first-order chi connectivity index (χ1) is 13.9. The van der Waals surface area contributed by atoms with Crippen molar-refractivity contribution in [1.29, 1.82) is 0 Å². The zero-order valence-electron chi connectivity index (χ0n) is 16.1. The molecule has 3 rings (SSSR count). The van der Waals surface area contributed by atoms with Crippen molar-refractivity contribution in [3.63, 3.8) is 0 Å². The molecular formula is C20H20ClN3O4S. The zero-order chi connectivity index (χ0) is 21.0. The molecule has 1 N–H and O–H groups in total. The molecule has 1 aliphatic heterocycles. The fraction of sp³-hybridized carbons (Fsp3) is 0.250. The number of thioether (sulfide) groups is 1. The molecule has 1 fully saturated rings. The molecular weight excluding hydrogens is 414 g/mol. The van der Waals surface area contributed by atoms with E-state index in [1.54, 1.807) is 56.6 Å². The van der Waals surface area contributed by atoms with Crippen molar-refractivity contribution in [3.8, 4) is 11.5 Å². The van der Waals surface area contributed by atoms with Crippen molar-refractivity contribution in [2.24, 2.45) is 4.99 Å². The lowest BCUT2D eigenvalue weighted by atomic mass is 10.2. The van der Waals surface area contributed by atoms with E-state index in [1.165, 1.54) is 23.8 Å². The van der Waals surface area contributed by atoms with E-state index in [9.17, 15) is 9.59 Å². The molecule has 1 aliphatic rings. The highest BCUT2D eigenvalue weighted by molar-refractivity contribution is 8.15. The number of hydrogen-bond donors (Lipinski definition) is 1. The summed E-state index contributed by atoms with van der Waals surface area (Å²) >= 11 is 7.38. The van der Waals surface area contributed by atoms with Crippen LogP contribution in [-0.4, -0.2) is 48.4 Å². The average Bonchev–Trinajstić information content (AvgIpc) is 2.71. The maximum Gasteiger partial charge on any atom is 0.238 e. The van der Waals surface area contributed by atoms with Crippen LogP contribution in [0.1, 0.15) is 6.42 Å². The molecule has 0 aliphatic carbocycles. The van der Waals surface area contributed by atoms with Crippen molar-refractivity contribution in [3.05, 3.63) is 47.5 Å². The van der Waals surface area contributed by atoms with Crippen molar-refractivity contribution in [1.82, 2.24) is 4.90 Å². The number of amidine groups is 1. The third-order valence-corrected chi connectivity index (χ3v) is 5.80. The maximum atomic E-state index is 12.7. The number of halogens is 1. The monoisotopic (exact) mass is 433 g/mol. The van der Waals surface area contributed by atoms with Crippen LogP contribution in [0.3, 0.4) is 0 Å². The minimum absolute atomic E-state index is 0.0827. The van der Waals surface area contributed by atoms with E-state index in [1.807, 2.05) is 0 Å². The number of methoxy groups -OCH3 is 2. The Balaban J connectivity index is 1.78. The molecule has 9 heteroatoms. The van der Waals surface area contributed by atoms with Gasteiger partial charge in [0.15, 0.2) is 5.17 Å². The molecule has 1 atom stereocenters. The molecule has 152 valence electrons. The van der Waals surface area contributed by atoms with Gasteiger partial charge in [-0.15, -0.1) is 0 Å². The van der Waals surface area contributed by atoms with E-state index in [0.29, 0.717) is 33.1 Å². The minimum Gasteiger partial charge on any atom is -0.497 e. The zero-order valence-corrected chi connectivity index (χ0v) is 17.7. The Hall–Kier alpha value is -2.71. The first-order valence-corrected chi connectivity index (χ1v) is 9.97. The van der Waals surface area contributed by atoms with Crippen molar-refractivity contribution in [2.45, 2.75) is 11.7 Å². The summed E-state index contributed by atoms with van der Waals surface area (Å²) < 4.78 is 10.3. The van der Waals surface area contributed by atoms with Crippen molar-refractivity contribution < 1.29 is 19.1 Å². The standard InChI is InChI=1S/C20H20ClN3O4S/c1-24-18(25)11-17(19(26)22-12-5-4-6-14(9-12)27-2)29-20(24)23-13-7-8-16(28-3)15(21)10-13/h4-10,17H,11H2,1-3H3,(H,22,26). The molecule has 1 saturated heterocycles. The molecule has 0 radical (unpaired) electrons. The van der Waals surface area contributed by atoms with Gasteiger partial charge in [0, 0.05) is 25.2 Å². The third kappa shape index (κ3) is 5.02. The predicted octanol–water partition coefficient (Wildman–Crippen LogP) is 3.95. The van der Waals surface area contributed by atoms with Crippen LogP contribution in [0.25, 0.3) is 0 Å². The number of rotatable bonds is 5. The number of aliphatic imine (C=N–C) groups is 1. The number of hydrogen-bond acceptors (Lipinski definition) is 6. The fourth-order valence-corrected chi connectivity index (χ4v) is 3.97. The van der Waals surface area contributed by atoms with Crippen LogP contribution in [0.15, 0.2) is 47.5 Å². The third-order valence-electron chi connectivity index (χ3n) is 4.26. The van der Waals surface area contributed by atoms with E-state index < -0.39 is 5.25 Å². The molecule has 29 heavy (non-hydrogen) atoms. The highest BCUT2D eigenvalue weighted by atomic mass is 35.5. The Morgan fingerprint density at radius 1 is 1.24 bits per heavy atom. The molecule has 7 nitrogen and oxygen atoms in total. The molecule has 0 spiro atoms. The van der Waals surface area contributed by atoms with Gasteiger partial charge >= 0.3 is 0 Å². The van der Waals surface area contributed by atoms with Crippen LogP contribution in [0.4, 0.5) is 11.4 Å². The van der Waals surface area contributed by atoms with Crippen molar-refractivity contribution >= 4 is 51.7 Å². The number of amides is 2. The van der Waals surface area contributed by atoms with Gasteiger partial charge in [-0.2, -0.15) is 0 Å². The first-order valence-electron chi connectivity index (χ1n) is 8.71. The van der Waals surface area contributed by atoms with Gasteiger partial charge in [0.05, 0.1) is 24.9 Å². The van der Waals surface area contributed by atoms with Crippen LogP contribution in [-0.2, 0) is 9.59 Å². The number of ether oxygens (including phenoxy) is 2. The number of carbonyl (C=O) groups excluding carboxylic acids is 2. The Kier molecular flexibility index (Phi) is 6.66. The van der Waals surface area contributed by atoms with E-state index in [0.717, 1.165) is 0 Å². The molecule has 2 aromatic rings. The molecule has 1 heterocycles. The van der Waals surface area contributed by atoms with Crippen LogP contribution in [0, 0.1) is 0 Å². The first kappa shape index (κ1) is 21.0. The summed E-state index contributed by atoms with van der Waals surface area (Å²) in [4.78, 5) is 31.1. The lowest BCUT2D eigenvalue weighted by Crippen LogP contribution is -2.43. The quantitative estimate of drug-likeness (QED) is 0.772. The molecule has 2 amide bonds. The number of carbonyl (C=O) groups is 2. The number of nitrogens with zero attached hydrogens (tertiary/aromatic N) is 2. The molecule has 2 aromatic carbocycles. The SMILES string of the molecule is COc1cccc(NC(=O)C2CC(=O)N(C)C(=Nc3ccc(OC)c(Cl)c3)S2)c1. The predicted molar refractivity (Wildman–Crippen MR) is 115 cm³/mol. The molecule has 0 bridgehead atoms. The summed E-state index contributed by atoms with van der Waals surface area (Å²) in [6.45, 7) is 0. The minimum atomic E-state index is -0.600. The molecule has 1 unspecified atom stereocenters. The van der Waals surface area contributed by atoms with Gasteiger partial charge in [-0.1, -0.05) is 29.4 Å². The van der Waals surface area contributed by atoms with Crippen LogP contribution in [0.5, 0.6) is 11.5 Å². The molecule has 0 saturated carbocycles. The normalized spacial score (nSPS) is 17.9. The van der Waals surface area contributed by atoms with Gasteiger partial charge < -0.3 is 14.8 Å². The molecule has 0 aromatic heterocycles. The van der Waals surface area contributed by atoms with Gasteiger partial charge in [-0.05, 0) is 30.3 Å². The highest BCUT2D eigenvalue weighted by Gasteiger charge is 2.34. The smallest absolute Gasteiger partial charge is 0.238 e. The number of benzene rings is 2. The van der Waals surface area contributed by atoms with Crippen LogP contribution >= 0.6 is 23.4 Å². The average molecular weight is 434 g/mol. The second kappa shape index (κ2) is 9.19. The van der Waals surface area contributed by atoms with E-state index in [-0.39, 0.29) is 18.2 Å². The van der Waals surface area contributed by atoms with Gasteiger partial charge in [0.1, 0.15) is 16.7 Å². The van der Waals surface area contributed by atoms with Crippen LogP contribution < -0.4 is 14.8 Å². The summed E-state index contributed by atoms with van der Waals surface area (Å²) in [6, 6.07) is 12.1. The van der Waals surface area contributed by atoms with Gasteiger partial charge in [0.25, 0.3) is 0 Å². The van der Waals surface area contributed by atoms with Gasteiger partial charge in [-0.25, -0.2) is 4.99 Å². The van der Waals surface area contributed by atoms with Gasteiger partial charge in [0.2, 0.25) is 11.8 Å². The summed E-state index contributed by atoms with van der Waals surface area (Å²) in [7, 11) is 4.72.